The second kappa shape index (κ2) is 6.48. The summed E-state index contributed by atoms with van der Waals surface area (Å²) in [5.74, 6) is 0.697. The second-order valence-corrected chi connectivity index (χ2v) is 5.96. The van der Waals surface area contributed by atoms with Gasteiger partial charge < -0.3 is 4.90 Å². The van der Waals surface area contributed by atoms with E-state index in [-0.39, 0.29) is 5.82 Å². The largest absolute Gasteiger partial charge is 0.354 e. The van der Waals surface area contributed by atoms with Gasteiger partial charge in [-0.1, -0.05) is 12.1 Å². The normalized spacial score (nSPS) is 16.5. The molecule has 4 rings (SSSR count). The van der Waals surface area contributed by atoms with Crippen LogP contribution >= 0.6 is 0 Å². The summed E-state index contributed by atoms with van der Waals surface area (Å²) >= 11 is 0. The molecule has 0 atom stereocenters. The van der Waals surface area contributed by atoms with Crippen molar-refractivity contribution in [3.05, 3.63) is 47.8 Å². The van der Waals surface area contributed by atoms with Gasteiger partial charge >= 0.3 is 0 Å². The fourth-order valence-electron chi connectivity index (χ4n) is 3.02. The first-order chi connectivity index (χ1) is 11.8. The van der Waals surface area contributed by atoms with E-state index in [1.807, 2.05) is 24.3 Å². The van der Waals surface area contributed by atoms with Crippen LogP contribution in [0, 0.1) is 5.82 Å². The summed E-state index contributed by atoms with van der Waals surface area (Å²) in [6.07, 6.45) is 1.05. The first-order valence-corrected chi connectivity index (χ1v) is 8.05. The van der Waals surface area contributed by atoms with Crippen LogP contribution in [0.5, 0.6) is 0 Å². The van der Waals surface area contributed by atoms with Crippen LogP contribution in [0.3, 0.4) is 0 Å². The molecule has 0 bridgehead atoms. The Labute approximate surface area is 138 Å². The van der Waals surface area contributed by atoms with Gasteiger partial charge in [0.25, 0.3) is 0 Å². The quantitative estimate of drug-likeness (QED) is 0.724. The van der Waals surface area contributed by atoms with Crippen LogP contribution in [0.1, 0.15) is 12.0 Å². The lowest BCUT2D eigenvalue weighted by atomic mass is 10.2. The van der Waals surface area contributed by atoms with Crippen molar-refractivity contribution in [3.63, 3.8) is 0 Å². The van der Waals surface area contributed by atoms with Crippen molar-refractivity contribution < 1.29 is 4.39 Å². The van der Waals surface area contributed by atoms with E-state index in [1.54, 1.807) is 0 Å². The molecule has 1 aliphatic heterocycles. The molecule has 2 aromatic heterocycles. The molecule has 0 saturated carbocycles. The first kappa shape index (κ1) is 14.9. The Hall–Kier alpha value is -2.61. The summed E-state index contributed by atoms with van der Waals surface area (Å²) in [7, 11) is 0. The van der Waals surface area contributed by atoms with Crippen LogP contribution in [-0.2, 0) is 6.54 Å². The molecule has 0 spiro atoms. The number of hydrogen-bond acceptors (Lipinski definition) is 6. The predicted octanol–water partition coefficient (Wildman–Crippen LogP) is 1.37. The van der Waals surface area contributed by atoms with E-state index in [0.29, 0.717) is 5.65 Å². The minimum atomic E-state index is -0.190. The van der Waals surface area contributed by atoms with E-state index < -0.39 is 0 Å². The smallest absolute Gasteiger partial charge is 0.200 e. The Morgan fingerprint density at radius 2 is 1.83 bits per heavy atom. The van der Waals surface area contributed by atoms with Crippen molar-refractivity contribution in [2.75, 3.05) is 31.1 Å². The van der Waals surface area contributed by atoms with Gasteiger partial charge in [-0.05, 0) is 46.7 Å². The van der Waals surface area contributed by atoms with Crippen molar-refractivity contribution in [1.29, 1.82) is 0 Å². The number of halogens is 1. The Morgan fingerprint density at radius 1 is 0.958 bits per heavy atom. The number of nitrogens with zero attached hydrogens (tertiary/aromatic N) is 7. The lowest BCUT2D eigenvalue weighted by molar-refractivity contribution is 0.285. The van der Waals surface area contributed by atoms with Crippen LogP contribution in [0.2, 0.25) is 0 Å². The first-order valence-electron chi connectivity index (χ1n) is 8.05. The van der Waals surface area contributed by atoms with Crippen LogP contribution in [-0.4, -0.2) is 56.3 Å². The summed E-state index contributed by atoms with van der Waals surface area (Å²) in [6, 6.07) is 10.6. The standard InChI is InChI=1S/C16H18FN7/c17-14-4-2-13(3-5-14)12-22-8-1-9-23(11-10-22)16-7-6-15-18-20-21-24(15)19-16/h2-7H,1,8-12H2. The number of benzene rings is 1. The van der Waals surface area contributed by atoms with Crippen LogP contribution in [0.15, 0.2) is 36.4 Å². The molecule has 0 unspecified atom stereocenters. The third-order valence-electron chi connectivity index (χ3n) is 4.29. The van der Waals surface area contributed by atoms with Crippen molar-refractivity contribution in [2.45, 2.75) is 13.0 Å². The third-order valence-corrected chi connectivity index (χ3v) is 4.29. The van der Waals surface area contributed by atoms with E-state index >= 15 is 0 Å². The molecule has 3 heterocycles. The van der Waals surface area contributed by atoms with Crippen molar-refractivity contribution >= 4 is 11.5 Å². The highest BCUT2D eigenvalue weighted by Crippen LogP contribution is 2.15. The maximum absolute atomic E-state index is 13.0. The van der Waals surface area contributed by atoms with Crippen LogP contribution < -0.4 is 4.90 Å². The van der Waals surface area contributed by atoms with E-state index in [2.05, 4.69) is 30.4 Å². The highest BCUT2D eigenvalue weighted by Gasteiger charge is 2.17. The minimum Gasteiger partial charge on any atom is -0.354 e. The van der Waals surface area contributed by atoms with Crippen molar-refractivity contribution in [2.24, 2.45) is 0 Å². The van der Waals surface area contributed by atoms with E-state index in [1.165, 1.54) is 16.8 Å². The van der Waals surface area contributed by atoms with Gasteiger partial charge in [-0.3, -0.25) is 4.90 Å². The number of tetrazole rings is 1. The van der Waals surface area contributed by atoms with E-state index in [4.69, 9.17) is 0 Å². The number of aromatic nitrogens is 5. The predicted molar refractivity (Wildman–Crippen MR) is 87.1 cm³/mol. The van der Waals surface area contributed by atoms with Crippen LogP contribution in [0.25, 0.3) is 5.65 Å². The molecule has 3 aromatic rings. The number of fused-ring (bicyclic) bond motifs is 1. The molecule has 0 radical (unpaired) electrons. The fraction of sp³-hybridized carbons (Fsp3) is 0.375. The molecular formula is C16H18FN7. The highest BCUT2D eigenvalue weighted by molar-refractivity contribution is 5.44. The topological polar surface area (TPSA) is 62.5 Å². The zero-order valence-corrected chi connectivity index (χ0v) is 13.2. The molecule has 1 saturated heterocycles. The van der Waals surface area contributed by atoms with Gasteiger partial charge in [0.1, 0.15) is 5.82 Å². The highest BCUT2D eigenvalue weighted by atomic mass is 19.1. The third kappa shape index (κ3) is 3.18. The summed E-state index contributed by atoms with van der Waals surface area (Å²) in [4.78, 5) is 4.65. The van der Waals surface area contributed by atoms with Gasteiger partial charge in [0.05, 0.1) is 0 Å². The number of rotatable bonds is 3. The van der Waals surface area contributed by atoms with Crippen LogP contribution in [0.4, 0.5) is 10.2 Å². The molecule has 1 aromatic carbocycles. The molecular weight excluding hydrogens is 309 g/mol. The Balaban J connectivity index is 1.42. The molecule has 1 aliphatic rings. The fourth-order valence-corrected chi connectivity index (χ4v) is 3.02. The van der Waals surface area contributed by atoms with E-state index in [0.717, 1.165) is 50.5 Å². The number of anilines is 1. The zero-order valence-electron chi connectivity index (χ0n) is 13.2. The second-order valence-electron chi connectivity index (χ2n) is 5.96. The average molecular weight is 327 g/mol. The van der Waals surface area contributed by atoms with Gasteiger partial charge in [0.15, 0.2) is 11.5 Å². The number of hydrogen-bond donors (Lipinski definition) is 0. The van der Waals surface area contributed by atoms with Gasteiger partial charge in [-0.25, -0.2) is 4.39 Å². The lowest BCUT2D eigenvalue weighted by Crippen LogP contribution is -2.31. The SMILES string of the molecule is Fc1ccc(CN2CCCN(c3ccc4nnnn4n3)CC2)cc1. The van der Waals surface area contributed by atoms with Gasteiger partial charge in [0, 0.05) is 32.7 Å². The van der Waals surface area contributed by atoms with Crippen molar-refractivity contribution in [3.8, 4) is 0 Å². The van der Waals surface area contributed by atoms with Crippen molar-refractivity contribution in [1.82, 2.24) is 30.2 Å². The Morgan fingerprint density at radius 3 is 2.71 bits per heavy atom. The molecule has 124 valence electrons. The maximum Gasteiger partial charge on any atom is 0.200 e. The van der Waals surface area contributed by atoms with E-state index in [9.17, 15) is 4.39 Å². The maximum atomic E-state index is 13.0. The summed E-state index contributed by atoms with van der Waals surface area (Å²) in [5, 5.41) is 15.8. The Kier molecular flexibility index (Phi) is 4.04. The lowest BCUT2D eigenvalue weighted by Gasteiger charge is -2.22. The molecule has 0 aliphatic carbocycles. The van der Waals surface area contributed by atoms with Gasteiger partial charge in [0.2, 0.25) is 0 Å². The Bertz CT molecular complexity index is 817. The summed E-state index contributed by atoms with van der Waals surface area (Å²) in [5.41, 5.74) is 1.78. The summed E-state index contributed by atoms with van der Waals surface area (Å²) in [6.45, 7) is 4.63. The molecule has 0 N–H and O–H groups in total. The van der Waals surface area contributed by atoms with Gasteiger partial charge in [-0.15, -0.1) is 14.8 Å². The molecule has 7 nitrogen and oxygen atoms in total. The zero-order chi connectivity index (χ0) is 16.4. The molecule has 0 amide bonds. The summed E-state index contributed by atoms with van der Waals surface area (Å²) < 4.78 is 14.5. The minimum absolute atomic E-state index is 0.190. The van der Waals surface area contributed by atoms with Gasteiger partial charge in [-0.2, -0.15) is 0 Å². The molecule has 24 heavy (non-hydrogen) atoms. The molecule has 1 fully saturated rings. The monoisotopic (exact) mass is 327 g/mol. The average Bonchev–Trinajstić information content (AvgIpc) is 2.95. The molecule has 8 heteroatoms.